The summed E-state index contributed by atoms with van der Waals surface area (Å²) in [5.41, 5.74) is 0.00577. The molecule has 20 heavy (non-hydrogen) atoms. The van der Waals surface area contributed by atoms with Crippen LogP contribution >= 0.6 is 11.6 Å². The van der Waals surface area contributed by atoms with Gasteiger partial charge in [-0.1, -0.05) is 11.6 Å². The predicted octanol–water partition coefficient (Wildman–Crippen LogP) is 2.71. The van der Waals surface area contributed by atoms with Crippen LogP contribution in [-0.4, -0.2) is 21.5 Å². The van der Waals surface area contributed by atoms with Crippen molar-refractivity contribution in [3.05, 3.63) is 39.0 Å². The van der Waals surface area contributed by atoms with E-state index in [9.17, 15) is 13.6 Å². The number of aromatic nitrogens is 3. The summed E-state index contributed by atoms with van der Waals surface area (Å²) in [7, 11) is 1.46. The Bertz CT molecular complexity index is 709. The molecule has 1 heterocycles. The molecule has 0 unspecified atom stereocenters. The monoisotopic (exact) mass is 303 g/mol. The van der Waals surface area contributed by atoms with Crippen LogP contribution in [0.4, 0.5) is 8.78 Å². The minimum atomic E-state index is -2.96. The predicted molar refractivity (Wildman–Crippen MR) is 70.1 cm³/mol. The van der Waals surface area contributed by atoms with Gasteiger partial charge in [-0.3, -0.25) is 0 Å². The van der Waals surface area contributed by atoms with E-state index in [1.54, 1.807) is 13.0 Å². The fraction of sp³-hybridized carbons (Fsp3) is 0.333. The molecule has 0 atom stereocenters. The van der Waals surface area contributed by atoms with E-state index < -0.39 is 12.2 Å². The third kappa shape index (κ3) is 2.29. The molecule has 5 nitrogen and oxygen atoms in total. The topological polar surface area (TPSA) is 49.0 Å². The van der Waals surface area contributed by atoms with Crippen molar-refractivity contribution < 1.29 is 13.5 Å². The van der Waals surface area contributed by atoms with Crippen LogP contribution < -0.4 is 10.4 Å². The van der Waals surface area contributed by atoms with Gasteiger partial charge in [0.1, 0.15) is 11.6 Å². The van der Waals surface area contributed by atoms with Crippen LogP contribution in [0.15, 0.2) is 16.9 Å². The van der Waals surface area contributed by atoms with Gasteiger partial charge in [0, 0.05) is 6.07 Å². The van der Waals surface area contributed by atoms with Crippen LogP contribution in [0.25, 0.3) is 5.69 Å². The first kappa shape index (κ1) is 14.5. The minimum absolute atomic E-state index is 0.0967. The number of benzene rings is 1. The Hall–Kier alpha value is -1.89. The van der Waals surface area contributed by atoms with Crippen LogP contribution in [-0.2, 0) is 0 Å². The third-order valence-corrected chi connectivity index (χ3v) is 3.17. The van der Waals surface area contributed by atoms with Gasteiger partial charge in [0.15, 0.2) is 0 Å². The number of rotatable bonds is 3. The average molecular weight is 304 g/mol. The number of methoxy groups -OCH3 is 1. The van der Waals surface area contributed by atoms with E-state index in [1.807, 2.05) is 0 Å². The Morgan fingerprint density at radius 2 is 2.00 bits per heavy atom. The van der Waals surface area contributed by atoms with Gasteiger partial charge in [-0.2, -0.15) is 13.5 Å². The fourth-order valence-corrected chi connectivity index (χ4v) is 2.18. The highest BCUT2D eigenvalue weighted by atomic mass is 35.5. The Morgan fingerprint density at radius 1 is 1.35 bits per heavy atom. The molecule has 8 heteroatoms. The lowest BCUT2D eigenvalue weighted by atomic mass is 10.2. The van der Waals surface area contributed by atoms with Crippen molar-refractivity contribution in [2.45, 2.75) is 20.4 Å². The van der Waals surface area contributed by atoms with Gasteiger partial charge in [0.2, 0.25) is 0 Å². The first-order chi connectivity index (χ1) is 9.36. The molecule has 0 fully saturated rings. The van der Waals surface area contributed by atoms with Crippen molar-refractivity contribution in [1.82, 2.24) is 14.3 Å². The minimum Gasteiger partial charge on any atom is -0.496 e. The van der Waals surface area contributed by atoms with Crippen molar-refractivity contribution >= 4 is 11.6 Å². The maximum Gasteiger partial charge on any atom is 0.355 e. The van der Waals surface area contributed by atoms with Crippen LogP contribution in [0.3, 0.4) is 0 Å². The van der Waals surface area contributed by atoms with Gasteiger partial charge in [-0.15, -0.1) is 5.10 Å². The normalized spacial score (nSPS) is 11.2. The summed E-state index contributed by atoms with van der Waals surface area (Å²) in [5.74, 6) is 0.390. The maximum absolute atomic E-state index is 12.8. The SMILES string of the molecule is COc1cc(-n2nc(C)n(C(F)F)c2=O)c(Cl)cc1C. The van der Waals surface area contributed by atoms with Gasteiger partial charge in [0.25, 0.3) is 0 Å². The number of halogens is 3. The van der Waals surface area contributed by atoms with E-state index in [-0.39, 0.29) is 16.5 Å². The van der Waals surface area contributed by atoms with E-state index in [1.165, 1.54) is 20.1 Å². The molecule has 0 radical (unpaired) electrons. The lowest BCUT2D eigenvalue weighted by Gasteiger charge is -2.09. The summed E-state index contributed by atoms with van der Waals surface area (Å²) in [4.78, 5) is 12.0. The summed E-state index contributed by atoms with van der Waals surface area (Å²) in [6, 6.07) is 3.07. The summed E-state index contributed by atoms with van der Waals surface area (Å²) in [5, 5.41) is 4.04. The van der Waals surface area contributed by atoms with E-state index in [2.05, 4.69) is 5.10 Å². The maximum atomic E-state index is 12.8. The van der Waals surface area contributed by atoms with Gasteiger partial charge in [0.05, 0.1) is 17.8 Å². The fourth-order valence-electron chi connectivity index (χ4n) is 1.88. The summed E-state index contributed by atoms with van der Waals surface area (Å²) >= 11 is 6.05. The van der Waals surface area contributed by atoms with Crippen molar-refractivity contribution in [2.75, 3.05) is 7.11 Å². The first-order valence-corrected chi connectivity index (χ1v) is 6.05. The highest BCUT2D eigenvalue weighted by molar-refractivity contribution is 6.32. The molecule has 0 N–H and O–H groups in total. The second kappa shape index (κ2) is 5.24. The van der Waals surface area contributed by atoms with Crippen LogP contribution in [0.5, 0.6) is 5.75 Å². The number of hydrogen-bond acceptors (Lipinski definition) is 3. The molecule has 1 aromatic heterocycles. The molecule has 0 aliphatic carbocycles. The van der Waals surface area contributed by atoms with E-state index >= 15 is 0 Å². The Kier molecular flexibility index (Phi) is 3.80. The third-order valence-electron chi connectivity index (χ3n) is 2.87. The highest BCUT2D eigenvalue weighted by Crippen LogP contribution is 2.28. The highest BCUT2D eigenvalue weighted by Gasteiger charge is 2.20. The molecule has 108 valence electrons. The number of ether oxygens (including phenoxy) is 1. The number of nitrogens with zero attached hydrogens (tertiary/aromatic N) is 3. The molecule has 0 aliphatic rings. The molecule has 0 bridgehead atoms. The molecule has 2 aromatic rings. The molecular weight excluding hydrogens is 292 g/mol. The number of alkyl halides is 2. The largest absolute Gasteiger partial charge is 0.496 e. The zero-order valence-electron chi connectivity index (χ0n) is 11.0. The van der Waals surface area contributed by atoms with Crippen LogP contribution in [0, 0.1) is 13.8 Å². The molecule has 1 aromatic carbocycles. The zero-order valence-corrected chi connectivity index (χ0v) is 11.8. The van der Waals surface area contributed by atoms with Gasteiger partial charge in [-0.05, 0) is 25.5 Å². The Labute approximate surface area is 118 Å². The quantitative estimate of drug-likeness (QED) is 0.876. The van der Waals surface area contributed by atoms with Crippen LogP contribution in [0.2, 0.25) is 5.02 Å². The van der Waals surface area contributed by atoms with Crippen LogP contribution in [0.1, 0.15) is 17.9 Å². The molecule has 0 spiro atoms. The van der Waals surface area contributed by atoms with Crippen molar-refractivity contribution in [3.8, 4) is 11.4 Å². The second-order valence-electron chi connectivity index (χ2n) is 4.16. The Balaban J connectivity index is 2.69. The van der Waals surface area contributed by atoms with Gasteiger partial charge >= 0.3 is 12.2 Å². The second-order valence-corrected chi connectivity index (χ2v) is 4.57. The first-order valence-electron chi connectivity index (χ1n) is 5.67. The summed E-state index contributed by atoms with van der Waals surface area (Å²) in [6.07, 6.45) is 0. The lowest BCUT2D eigenvalue weighted by molar-refractivity contribution is 0.0640. The van der Waals surface area contributed by atoms with Gasteiger partial charge in [-0.25, -0.2) is 9.36 Å². The molecule has 0 saturated heterocycles. The summed E-state index contributed by atoms with van der Waals surface area (Å²) in [6.45, 7) is 0.145. The smallest absolute Gasteiger partial charge is 0.355 e. The molecular formula is C12H12ClF2N3O2. The molecule has 0 amide bonds. The zero-order chi connectivity index (χ0) is 15.0. The van der Waals surface area contributed by atoms with E-state index in [0.717, 1.165) is 10.2 Å². The van der Waals surface area contributed by atoms with E-state index in [4.69, 9.17) is 16.3 Å². The van der Waals surface area contributed by atoms with E-state index in [0.29, 0.717) is 10.3 Å². The Morgan fingerprint density at radius 3 is 2.50 bits per heavy atom. The standard InChI is InChI=1S/C12H12ClF2N3O2/c1-6-4-8(13)9(5-10(6)20-3)18-12(19)17(11(14)15)7(2)16-18/h4-5,11H,1-3H3. The average Bonchev–Trinajstić information content (AvgIpc) is 2.65. The molecule has 0 aliphatic heterocycles. The van der Waals surface area contributed by atoms with Crippen molar-refractivity contribution in [2.24, 2.45) is 0 Å². The van der Waals surface area contributed by atoms with Gasteiger partial charge < -0.3 is 4.74 Å². The van der Waals surface area contributed by atoms with Crippen molar-refractivity contribution in [3.63, 3.8) is 0 Å². The van der Waals surface area contributed by atoms with Crippen molar-refractivity contribution in [1.29, 1.82) is 0 Å². The lowest BCUT2D eigenvalue weighted by Crippen LogP contribution is -2.25. The number of hydrogen-bond donors (Lipinski definition) is 0. The number of aryl methyl sites for hydroxylation is 2. The molecule has 0 saturated carbocycles. The molecule has 2 rings (SSSR count). The summed E-state index contributed by atoms with van der Waals surface area (Å²) < 4.78 is 31.8.